The van der Waals surface area contributed by atoms with Gasteiger partial charge in [0, 0.05) is 11.6 Å². The number of quaternary nitrogens is 1. The van der Waals surface area contributed by atoms with Gasteiger partial charge in [-0.05, 0) is 51.5 Å². The largest absolute Gasteiger partial charge is 0.494 e. The van der Waals surface area contributed by atoms with E-state index >= 15 is 0 Å². The van der Waals surface area contributed by atoms with Crippen molar-refractivity contribution in [3.8, 4) is 5.75 Å². The summed E-state index contributed by atoms with van der Waals surface area (Å²) in [5.41, 5.74) is 4.13. The maximum absolute atomic E-state index is 5.61. The normalized spacial score (nSPS) is 20.0. The van der Waals surface area contributed by atoms with Gasteiger partial charge in [-0.1, -0.05) is 0 Å². The molecule has 0 amide bonds. The molecule has 1 heterocycles. The van der Waals surface area contributed by atoms with E-state index < -0.39 is 0 Å². The first kappa shape index (κ1) is 13.2. The van der Waals surface area contributed by atoms with Gasteiger partial charge in [0.2, 0.25) is 0 Å². The average molecular weight is 246 g/mol. The van der Waals surface area contributed by atoms with E-state index in [9.17, 15) is 0 Å². The fourth-order valence-electron chi connectivity index (χ4n) is 2.65. The van der Waals surface area contributed by atoms with Crippen LogP contribution in [0.25, 0.3) is 5.57 Å². The Morgan fingerprint density at radius 3 is 2.50 bits per heavy atom. The van der Waals surface area contributed by atoms with Crippen molar-refractivity contribution in [2.75, 3.05) is 20.7 Å². The molecule has 1 aliphatic rings. The number of ether oxygens (including phenoxy) is 1. The van der Waals surface area contributed by atoms with Crippen molar-refractivity contribution in [1.29, 1.82) is 0 Å². The summed E-state index contributed by atoms with van der Waals surface area (Å²) in [6.07, 6.45) is 2.37. The lowest BCUT2D eigenvalue weighted by Crippen LogP contribution is -2.58. The van der Waals surface area contributed by atoms with Gasteiger partial charge in [-0.25, -0.2) is 0 Å². The zero-order chi connectivity index (χ0) is 13.6. The van der Waals surface area contributed by atoms with Crippen molar-refractivity contribution in [2.45, 2.75) is 33.2 Å². The van der Waals surface area contributed by atoms with Gasteiger partial charge in [-0.3, -0.25) is 4.48 Å². The van der Waals surface area contributed by atoms with E-state index in [4.69, 9.17) is 4.74 Å². The predicted octanol–water partition coefficient (Wildman–Crippen LogP) is 3.85. The van der Waals surface area contributed by atoms with Gasteiger partial charge in [0.1, 0.15) is 17.0 Å². The molecule has 0 N–H and O–H groups in total. The van der Waals surface area contributed by atoms with Crippen molar-refractivity contribution in [2.24, 2.45) is 0 Å². The highest BCUT2D eigenvalue weighted by molar-refractivity contribution is 5.80. The van der Waals surface area contributed by atoms with E-state index in [0.29, 0.717) is 6.61 Å². The first-order chi connectivity index (χ1) is 8.29. The van der Waals surface area contributed by atoms with Crippen LogP contribution < -0.4 is 9.22 Å². The molecule has 0 aliphatic carbocycles. The summed E-state index contributed by atoms with van der Waals surface area (Å²) in [4.78, 5) is 0. The van der Waals surface area contributed by atoms with Gasteiger partial charge in [0.05, 0.1) is 20.7 Å². The molecule has 1 aromatic rings. The van der Waals surface area contributed by atoms with Crippen LogP contribution >= 0.6 is 0 Å². The van der Waals surface area contributed by atoms with Crippen LogP contribution in [0.1, 0.15) is 33.3 Å². The smallest absolute Gasteiger partial charge is 0.140 e. The van der Waals surface area contributed by atoms with Crippen molar-refractivity contribution in [3.63, 3.8) is 0 Å². The summed E-state index contributed by atoms with van der Waals surface area (Å²) in [6, 6.07) is 6.45. The number of hydrogen-bond donors (Lipinski definition) is 0. The van der Waals surface area contributed by atoms with Gasteiger partial charge in [0.15, 0.2) is 0 Å². The Hall–Kier alpha value is -1.28. The average Bonchev–Trinajstić information content (AvgIpc) is 2.27. The lowest BCUT2D eigenvalue weighted by molar-refractivity contribution is 0.247. The Kier molecular flexibility index (Phi) is 3.02. The molecule has 2 nitrogen and oxygen atoms in total. The van der Waals surface area contributed by atoms with Crippen LogP contribution in [0.15, 0.2) is 24.3 Å². The van der Waals surface area contributed by atoms with Crippen molar-refractivity contribution in [1.82, 2.24) is 4.48 Å². The molecule has 2 rings (SSSR count). The molecule has 1 aromatic carbocycles. The monoisotopic (exact) mass is 246 g/mol. The SMILES string of the molecule is CCOc1ccc2c(c1)C(C)=CC(C)(C)[N+]2(C)C. The molecule has 0 unspecified atom stereocenters. The maximum Gasteiger partial charge on any atom is 0.140 e. The third kappa shape index (κ3) is 1.85. The Bertz CT molecular complexity index is 498. The topological polar surface area (TPSA) is 9.23 Å². The lowest BCUT2D eigenvalue weighted by atomic mass is 9.87. The zero-order valence-corrected chi connectivity index (χ0v) is 12.4. The van der Waals surface area contributed by atoms with E-state index in [1.165, 1.54) is 16.8 Å². The summed E-state index contributed by atoms with van der Waals surface area (Å²) >= 11 is 0. The summed E-state index contributed by atoms with van der Waals surface area (Å²) in [6.45, 7) is 9.50. The van der Waals surface area contributed by atoms with Crippen molar-refractivity contribution < 1.29 is 4.74 Å². The highest BCUT2D eigenvalue weighted by atomic mass is 16.5. The second-order valence-corrected chi connectivity index (χ2v) is 6.05. The molecular weight excluding hydrogens is 222 g/mol. The van der Waals surface area contributed by atoms with E-state index in [-0.39, 0.29) is 5.54 Å². The standard InChI is InChI=1S/C16H24NO/c1-7-18-13-8-9-15-14(10-13)12(2)11-16(3,4)17(15,5)6/h8-11H,7H2,1-6H3/q+1. The van der Waals surface area contributed by atoms with Crippen LogP contribution in [0, 0.1) is 0 Å². The van der Waals surface area contributed by atoms with Crippen LogP contribution in [-0.2, 0) is 0 Å². The summed E-state index contributed by atoms with van der Waals surface area (Å²) < 4.78 is 6.47. The molecule has 98 valence electrons. The number of nitrogens with zero attached hydrogens (tertiary/aromatic N) is 1. The van der Waals surface area contributed by atoms with Crippen molar-refractivity contribution >= 4 is 11.3 Å². The number of hydrogen-bond acceptors (Lipinski definition) is 1. The van der Waals surface area contributed by atoms with Crippen LogP contribution in [0.2, 0.25) is 0 Å². The Labute approximate surface area is 110 Å². The zero-order valence-electron chi connectivity index (χ0n) is 12.4. The molecule has 0 saturated heterocycles. The molecule has 18 heavy (non-hydrogen) atoms. The first-order valence-electron chi connectivity index (χ1n) is 6.61. The number of fused-ring (bicyclic) bond motifs is 1. The minimum atomic E-state index is 0.115. The van der Waals surface area contributed by atoms with E-state index in [0.717, 1.165) is 10.2 Å². The van der Waals surface area contributed by atoms with Crippen molar-refractivity contribution in [3.05, 3.63) is 29.8 Å². The Morgan fingerprint density at radius 2 is 1.89 bits per heavy atom. The molecular formula is C16H24NO+. The third-order valence-corrected chi connectivity index (χ3v) is 4.32. The maximum atomic E-state index is 5.61. The molecule has 0 atom stereocenters. The summed E-state index contributed by atoms with van der Waals surface area (Å²) in [5, 5.41) is 0. The first-order valence-corrected chi connectivity index (χ1v) is 6.61. The molecule has 0 aromatic heterocycles. The molecule has 2 heteroatoms. The van der Waals surface area contributed by atoms with Gasteiger partial charge in [-0.2, -0.15) is 0 Å². The van der Waals surface area contributed by atoms with Gasteiger partial charge >= 0.3 is 0 Å². The van der Waals surface area contributed by atoms with Crippen LogP contribution in [0.4, 0.5) is 5.69 Å². The summed E-state index contributed by atoms with van der Waals surface area (Å²) in [5.74, 6) is 0.962. The third-order valence-electron chi connectivity index (χ3n) is 4.32. The molecule has 0 fully saturated rings. The fourth-order valence-corrected chi connectivity index (χ4v) is 2.65. The molecule has 1 aliphatic heterocycles. The van der Waals surface area contributed by atoms with E-state index in [2.05, 4.69) is 59.1 Å². The van der Waals surface area contributed by atoms with E-state index in [1.807, 2.05) is 6.92 Å². The second kappa shape index (κ2) is 4.13. The molecule has 0 radical (unpaired) electrons. The molecule has 0 spiro atoms. The van der Waals surface area contributed by atoms with Gasteiger partial charge in [0.25, 0.3) is 0 Å². The number of benzene rings is 1. The lowest BCUT2D eigenvalue weighted by Gasteiger charge is -2.46. The predicted molar refractivity (Wildman–Crippen MR) is 79.0 cm³/mol. The highest BCUT2D eigenvalue weighted by Gasteiger charge is 2.41. The fraction of sp³-hybridized carbons (Fsp3) is 0.500. The number of likely N-dealkylation sites (N-methyl/N-ethyl adjacent to an activating group) is 1. The van der Waals surface area contributed by atoms with Crippen LogP contribution in [0.3, 0.4) is 0 Å². The van der Waals surface area contributed by atoms with Crippen LogP contribution in [0.5, 0.6) is 5.75 Å². The minimum absolute atomic E-state index is 0.115. The summed E-state index contributed by atoms with van der Waals surface area (Å²) in [7, 11) is 4.53. The number of rotatable bonds is 2. The minimum Gasteiger partial charge on any atom is -0.494 e. The Balaban J connectivity index is 2.59. The number of allylic oxidation sites excluding steroid dienone is 1. The second-order valence-electron chi connectivity index (χ2n) is 6.05. The molecule has 0 bridgehead atoms. The molecule has 0 saturated carbocycles. The van der Waals surface area contributed by atoms with Crippen LogP contribution in [-0.4, -0.2) is 26.2 Å². The Morgan fingerprint density at radius 1 is 1.22 bits per heavy atom. The van der Waals surface area contributed by atoms with E-state index in [1.54, 1.807) is 0 Å². The van der Waals surface area contributed by atoms with Gasteiger partial charge < -0.3 is 4.74 Å². The quantitative estimate of drug-likeness (QED) is 0.720. The highest BCUT2D eigenvalue weighted by Crippen LogP contribution is 2.43. The van der Waals surface area contributed by atoms with Gasteiger partial charge in [-0.15, -0.1) is 0 Å².